The fourth-order valence-corrected chi connectivity index (χ4v) is 5.83. The average Bonchev–Trinajstić information content (AvgIpc) is 2.89. The van der Waals surface area contributed by atoms with Crippen LogP contribution in [0.4, 0.5) is 10.2 Å². The third-order valence-electron chi connectivity index (χ3n) is 7.22. The number of benzene rings is 1. The van der Waals surface area contributed by atoms with Crippen LogP contribution in [0.25, 0.3) is 0 Å². The molecule has 10 heteroatoms. The molecule has 198 valence electrons. The zero-order valence-corrected chi connectivity index (χ0v) is 22.5. The standard InChI is InChI=1S/C27H33Cl2FN6O/c1-3-5-23-18-35(26-24(29)14-20(16-31-26)27(37)33-32-4-2)12-13-36(23)22-8-10-34(11-9-22)17-19-6-7-21(28)15-25(19)30/h2,6-7,14-16,22-23,32H,3,5,8-13,17-18H2,1H3,(H,33,37)/t23-/m0/s1. The number of piperazine rings is 1. The van der Waals surface area contributed by atoms with Gasteiger partial charge in [0.05, 0.1) is 10.6 Å². The van der Waals surface area contributed by atoms with Gasteiger partial charge in [0.25, 0.3) is 5.91 Å². The van der Waals surface area contributed by atoms with E-state index in [0.29, 0.717) is 45.6 Å². The highest BCUT2D eigenvalue weighted by Crippen LogP contribution is 2.30. The number of pyridine rings is 1. The first-order chi connectivity index (χ1) is 17.9. The van der Waals surface area contributed by atoms with Crippen molar-refractivity contribution >= 4 is 34.9 Å². The van der Waals surface area contributed by atoms with Crippen LogP contribution in [-0.2, 0) is 6.54 Å². The number of amides is 1. The van der Waals surface area contributed by atoms with E-state index in [-0.39, 0.29) is 5.82 Å². The van der Waals surface area contributed by atoms with E-state index in [2.05, 4.69) is 43.5 Å². The summed E-state index contributed by atoms with van der Waals surface area (Å²) in [6.45, 7) is 7.28. The number of anilines is 1. The maximum Gasteiger partial charge on any atom is 0.271 e. The van der Waals surface area contributed by atoms with E-state index >= 15 is 0 Å². The van der Waals surface area contributed by atoms with Crippen molar-refractivity contribution in [3.63, 3.8) is 0 Å². The summed E-state index contributed by atoms with van der Waals surface area (Å²) >= 11 is 12.5. The first kappa shape index (κ1) is 27.5. The van der Waals surface area contributed by atoms with E-state index in [1.54, 1.807) is 18.2 Å². The van der Waals surface area contributed by atoms with Crippen LogP contribution >= 0.6 is 23.2 Å². The molecule has 2 fully saturated rings. The van der Waals surface area contributed by atoms with Crippen molar-refractivity contribution in [3.8, 4) is 12.5 Å². The number of piperidine rings is 1. The summed E-state index contributed by atoms with van der Waals surface area (Å²) in [4.78, 5) is 23.9. The highest BCUT2D eigenvalue weighted by atomic mass is 35.5. The number of terminal acetylenes is 1. The molecule has 0 spiro atoms. The second-order valence-corrected chi connectivity index (χ2v) is 10.5. The Morgan fingerprint density at radius 2 is 2.00 bits per heavy atom. The van der Waals surface area contributed by atoms with Crippen molar-refractivity contribution in [1.29, 1.82) is 0 Å². The lowest BCUT2D eigenvalue weighted by Gasteiger charge is -2.48. The van der Waals surface area contributed by atoms with Gasteiger partial charge >= 0.3 is 0 Å². The Morgan fingerprint density at radius 3 is 2.68 bits per heavy atom. The van der Waals surface area contributed by atoms with Crippen molar-refractivity contribution in [2.45, 2.75) is 51.2 Å². The highest BCUT2D eigenvalue weighted by Gasteiger charge is 2.34. The Bertz CT molecular complexity index is 1130. The Balaban J connectivity index is 1.36. The monoisotopic (exact) mass is 546 g/mol. The summed E-state index contributed by atoms with van der Waals surface area (Å²) in [5.41, 5.74) is 5.76. The minimum atomic E-state index is -0.391. The number of nitrogens with zero attached hydrogens (tertiary/aromatic N) is 4. The van der Waals surface area contributed by atoms with Crippen molar-refractivity contribution in [1.82, 2.24) is 25.6 Å². The molecule has 0 saturated carbocycles. The largest absolute Gasteiger partial charge is 0.353 e. The molecule has 2 aliphatic rings. The van der Waals surface area contributed by atoms with Crippen LogP contribution in [0.5, 0.6) is 0 Å². The van der Waals surface area contributed by atoms with Crippen molar-refractivity contribution in [2.75, 3.05) is 37.6 Å². The van der Waals surface area contributed by atoms with Gasteiger partial charge in [-0.2, -0.15) is 0 Å². The second kappa shape index (κ2) is 12.8. The van der Waals surface area contributed by atoms with E-state index in [4.69, 9.17) is 29.6 Å². The van der Waals surface area contributed by atoms with Gasteiger partial charge in [-0.25, -0.2) is 9.37 Å². The first-order valence-electron chi connectivity index (χ1n) is 12.7. The second-order valence-electron chi connectivity index (χ2n) is 9.62. The third-order valence-corrected chi connectivity index (χ3v) is 7.73. The summed E-state index contributed by atoms with van der Waals surface area (Å²) < 4.78 is 14.3. The molecule has 1 atom stereocenters. The fraction of sp³-hybridized carbons (Fsp3) is 0.481. The lowest BCUT2D eigenvalue weighted by Crippen LogP contribution is -2.58. The number of carbonyl (C=O) groups excluding carboxylic acids is 1. The van der Waals surface area contributed by atoms with Gasteiger partial charge in [0, 0.05) is 61.1 Å². The van der Waals surface area contributed by atoms with Gasteiger partial charge in [0.2, 0.25) is 0 Å². The number of likely N-dealkylation sites (tertiary alicyclic amines) is 1. The van der Waals surface area contributed by atoms with Gasteiger partial charge < -0.3 is 4.90 Å². The van der Waals surface area contributed by atoms with Crippen LogP contribution in [-0.4, -0.2) is 65.5 Å². The van der Waals surface area contributed by atoms with Crippen molar-refractivity contribution in [3.05, 3.63) is 57.5 Å². The SMILES string of the molecule is C#CNNC(=O)c1cnc(N2CCN(C3CCN(Cc4ccc(Cl)cc4F)CC3)[C@@H](CCC)C2)c(Cl)c1. The molecule has 0 bridgehead atoms. The minimum Gasteiger partial charge on any atom is -0.353 e. The first-order valence-corrected chi connectivity index (χ1v) is 13.5. The number of hydrazine groups is 1. The number of hydrogen-bond donors (Lipinski definition) is 2. The van der Waals surface area contributed by atoms with Gasteiger partial charge in [-0.15, -0.1) is 0 Å². The molecule has 0 unspecified atom stereocenters. The Hall–Kier alpha value is -2.57. The number of nitrogens with one attached hydrogen (secondary N) is 2. The van der Waals surface area contributed by atoms with Crippen LogP contribution in [0, 0.1) is 18.3 Å². The lowest BCUT2D eigenvalue weighted by atomic mass is 9.97. The van der Waals surface area contributed by atoms with Gasteiger partial charge in [-0.1, -0.05) is 49.0 Å². The summed E-state index contributed by atoms with van der Waals surface area (Å²) in [6, 6.07) is 9.58. The summed E-state index contributed by atoms with van der Waals surface area (Å²) in [5, 5.41) is 0.871. The molecule has 3 heterocycles. The summed E-state index contributed by atoms with van der Waals surface area (Å²) in [7, 11) is 0. The summed E-state index contributed by atoms with van der Waals surface area (Å²) in [6.07, 6.45) is 10.9. The van der Waals surface area contributed by atoms with Crippen LogP contribution in [0.3, 0.4) is 0 Å². The van der Waals surface area contributed by atoms with E-state index in [9.17, 15) is 9.18 Å². The van der Waals surface area contributed by atoms with Gasteiger partial charge in [-0.05, 0) is 50.6 Å². The molecule has 0 radical (unpaired) electrons. The van der Waals surface area contributed by atoms with E-state index in [1.807, 2.05) is 0 Å². The minimum absolute atomic E-state index is 0.237. The van der Waals surface area contributed by atoms with E-state index in [0.717, 1.165) is 58.4 Å². The van der Waals surface area contributed by atoms with E-state index in [1.165, 1.54) is 12.3 Å². The Kier molecular flexibility index (Phi) is 9.49. The zero-order chi connectivity index (χ0) is 26.4. The molecular formula is C27H33Cl2FN6O. The molecule has 7 nitrogen and oxygen atoms in total. The lowest BCUT2D eigenvalue weighted by molar-refractivity contribution is 0.0587. The van der Waals surface area contributed by atoms with Crippen molar-refractivity contribution in [2.24, 2.45) is 0 Å². The molecule has 2 aromatic rings. The number of halogens is 3. The van der Waals surface area contributed by atoms with Gasteiger partial charge in [0.1, 0.15) is 11.6 Å². The molecule has 1 amide bonds. The number of carbonyl (C=O) groups is 1. The topological polar surface area (TPSA) is 63.7 Å². The van der Waals surface area contributed by atoms with Crippen LogP contribution in [0.2, 0.25) is 10.0 Å². The normalized spacial score (nSPS) is 19.4. The molecular weight excluding hydrogens is 514 g/mol. The van der Waals surface area contributed by atoms with E-state index < -0.39 is 5.91 Å². The van der Waals surface area contributed by atoms with Gasteiger partial charge in [0.15, 0.2) is 0 Å². The maximum atomic E-state index is 14.3. The number of rotatable bonds is 8. The van der Waals surface area contributed by atoms with Crippen LogP contribution in [0.1, 0.15) is 48.5 Å². The Labute approximate surface area is 228 Å². The molecule has 37 heavy (non-hydrogen) atoms. The molecule has 2 N–H and O–H groups in total. The molecule has 0 aliphatic carbocycles. The number of hydrogen-bond acceptors (Lipinski definition) is 6. The predicted octanol–water partition coefficient (Wildman–Crippen LogP) is 4.31. The molecule has 2 saturated heterocycles. The molecule has 1 aromatic heterocycles. The summed E-state index contributed by atoms with van der Waals surface area (Å²) in [5.74, 6) is 0.0698. The smallest absolute Gasteiger partial charge is 0.271 e. The predicted molar refractivity (Wildman–Crippen MR) is 146 cm³/mol. The Morgan fingerprint density at radius 1 is 1.22 bits per heavy atom. The molecule has 4 rings (SSSR count). The maximum absolute atomic E-state index is 14.3. The quantitative estimate of drug-likeness (QED) is 0.292. The average molecular weight is 548 g/mol. The van der Waals surface area contributed by atoms with Crippen molar-refractivity contribution < 1.29 is 9.18 Å². The van der Waals surface area contributed by atoms with Crippen LogP contribution < -0.4 is 15.8 Å². The zero-order valence-electron chi connectivity index (χ0n) is 21.0. The highest BCUT2D eigenvalue weighted by molar-refractivity contribution is 6.33. The van der Waals surface area contributed by atoms with Gasteiger partial charge in [-0.3, -0.25) is 25.4 Å². The third kappa shape index (κ3) is 6.85. The molecule has 2 aliphatic heterocycles. The molecule has 1 aromatic carbocycles. The fourth-order valence-electron chi connectivity index (χ4n) is 5.39. The number of aromatic nitrogens is 1. The van der Waals surface area contributed by atoms with Crippen LogP contribution in [0.15, 0.2) is 30.5 Å².